The van der Waals surface area contributed by atoms with Crippen molar-refractivity contribution in [2.45, 2.75) is 13.3 Å². The van der Waals surface area contributed by atoms with Crippen molar-refractivity contribution in [1.82, 2.24) is 5.32 Å². The molecule has 3 rings (SSSR count). The van der Waals surface area contributed by atoms with Crippen molar-refractivity contribution in [3.8, 4) is 0 Å². The minimum absolute atomic E-state index is 0. The smallest absolute Gasteiger partial charge is 0.256 e. The number of carbonyl (C=O) groups excluding carboxylic acids is 2. The first-order valence-electron chi connectivity index (χ1n) is 8.13. The summed E-state index contributed by atoms with van der Waals surface area (Å²) in [4.78, 5) is 24.8. The number of anilines is 2. The molecule has 6 heteroatoms. The fourth-order valence-electron chi connectivity index (χ4n) is 2.85. The van der Waals surface area contributed by atoms with Gasteiger partial charge in [0.2, 0.25) is 5.91 Å². The third-order valence-corrected chi connectivity index (χ3v) is 4.30. The van der Waals surface area contributed by atoms with Gasteiger partial charge < -0.3 is 16.0 Å². The van der Waals surface area contributed by atoms with E-state index < -0.39 is 0 Å². The normalized spacial score (nSPS) is 16.0. The molecule has 1 aliphatic heterocycles. The van der Waals surface area contributed by atoms with Crippen LogP contribution in [0.4, 0.5) is 11.4 Å². The lowest BCUT2D eigenvalue weighted by Crippen LogP contribution is -2.25. The number of para-hydroxylation sites is 1. The monoisotopic (exact) mass is 359 g/mol. The van der Waals surface area contributed by atoms with Gasteiger partial charge in [-0.1, -0.05) is 24.3 Å². The van der Waals surface area contributed by atoms with E-state index in [0.717, 1.165) is 24.2 Å². The molecule has 0 aliphatic carbocycles. The molecule has 0 bridgehead atoms. The number of amides is 2. The molecule has 2 amide bonds. The van der Waals surface area contributed by atoms with Crippen LogP contribution in [-0.2, 0) is 4.79 Å². The van der Waals surface area contributed by atoms with Crippen LogP contribution < -0.4 is 16.0 Å². The molecule has 0 aromatic heterocycles. The van der Waals surface area contributed by atoms with E-state index in [-0.39, 0.29) is 30.1 Å². The molecule has 5 nitrogen and oxygen atoms in total. The second-order valence-corrected chi connectivity index (χ2v) is 5.98. The molecule has 0 spiro atoms. The minimum Gasteiger partial charge on any atom is -0.326 e. The summed E-state index contributed by atoms with van der Waals surface area (Å²) in [6.45, 7) is 3.43. The van der Waals surface area contributed by atoms with E-state index in [0.29, 0.717) is 17.8 Å². The number of hydrogen-bond donors (Lipinski definition) is 3. The van der Waals surface area contributed by atoms with Crippen LogP contribution in [0.25, 0.3) is 0 Å². The fraction of sp³-hybridized carbons (Fsp3) is 0.263. The van der Waals surface area contributed by atoms with Gasteiger partial charge in [0.05, 0.1) is 5.92 Å². The molecule has 0 saturated carbocycles. The van der Waals surface area contributed by atoms with Crippen molar-refractivity contribution in [2.75, 3.05) is 23.7 Å². The molecule has 1 fully saturated rings. The summed E-state index contributed by atoms with van der Waals surface area (Å²) < 4.78 is 0. The first kappa shape index (κ1) is 19.0. The summed E-state index contributed by atoms with van der Waals surface area (Å²) in [7, 11) is 0. The molecule has 132 valence electrons. The summed E-state index contributed by atoms with van der Waals surface area (Å²) in [5.74, 6) is -0.188. The Hall–Kier alpha value is -2.37. The Labute approximate surface area is 153 Å². The average Bonchev–Trinajstić information content (AvgIpc) is 3.12. The lowest BCUT2D eigenvalue weighted by Gasteiger charge is -2.14. The molecule has 1 saturated heterocycles. The highest BCUT2D eigenvalue weighted by molar-refractivity contribution is 6.07. The Balaban J connectivity index is 0.00000225. The van der Waals surface area contributed by atoms with Crippen molar-refractivity contribution >= 4 is 35.6 Å². The second kappa shape index (κ2) is 8.65. The lowest BCUT2D eigenvalue weighted by atomic mass is 10.0. The average molecular weight is 360 g/mol. The van der Waals surface area contributed by atoms with E-state index in [9.17, 15) is 9.59 Å². The van der Waals surface area contributed by atoms with Crippen molar-refractivity contribution in [3.63, 3.8) is 0 Å². The molecular weight excluding hydrogens is 338 g/mol. The molecule has 2 aromatic carbocycles. The zero-order valence-corrected chi connectivity index (χ0v) is 14.9. The minimum atomic E-state index is -0.183. The van der Waals surface area contributed by atoms with Crippen molar-refractivity contribution < 1.29 is 9.59 Å². The highest BCUT2D eigenvalue weighted by atomic mass is 35.5. The maximum absolute atomic E-state index is 12.5. The van der Waals surface area contributed by atoms with Gasteiger partial charge in [0.1, 0.15) is 0 Å². The number of benzene rings is 2. The molecule has 1 atom stereocenters. The summed E-state index contributed by atoms with van der Waals surface area (Å²) in [6.07, 6.45) is 0.846. The number of nitrogens with one attached hydrogen (secondary N) is 3. The maximum Gasteiger partial charge on any atom is 0.256 e. The summed E-state index contributed by atoms with van der Waals surface area (Å²) in [5.41, 5.74) is 2.76. The maximum atomic E-state index is 12.5. The number of hydrogen-bond acceptors (Lipinski definition) is 3. The van der Waals surface area contributed by atoms with Gasteiger partial charge in [-0.3, -0.25) is 9.59 Å². The van der Waals surface area contributed by atoms with Crippen LogP contribution in [-0.4, -0.2) is 24.9 Å². The van der Waals surface area contributed by atoms with E-state index >= 15 is 0 Å². The van der Waals surface area contributed by atoms with Gasteiger partial charge in [0.15, 0.2) is 0 Å². The zero-order valence-electron chi connectivity index (χ0n) is 14.0. The molecule has 0 radical (unpaired) electrons. The van der Waals surface area contributed by atoms with E-state index in [2.05, 4.69) is 16.0 Å². The number of halogens is 1. The molecular formula is C19H22ClN3O2. The molecule has 3 N–H and O–H groups in total. The molecule has 25 heavy (non-hydrogen) atoms. The topological polar surface area (TPSA) is 70.2 Å². The van der Waals surface area contributed by atoms with Gasteiger partial charge in [-0.25, -0.2) is 0 Å². The molecule has 1 unspecified atom stereocenters. The third kappa shape index (κ3) is 4.59. The molecule has 1 heterocycles. The zero-order chi connectivity index (χ0) is 16.9. The second-order valence-electron chi connectivity index (χ2n) is 5.98. The molecule has 1 aliphatic rings. The van der Waals surface area contributed by atoms with E-state index in [1.807, 2.05) is 43.3 Å². The summed E-state index contributed by atoms with van der Waals surface area (Å²) in [6, 6.07) is 14.7. The van der Waals surface area contributed by atoms with Crippen molar-refractivity contribution in [2.24, 2.45) is 5.92 Å². The predicted molar refractivity (Wildman–Crippen MR) is 102 cm³/mol. The third-order valence-electron chi connectivity index (χ3n) is 4.30. The first-order chi connectivity index (χ1) is 11.6. The van der Waals surface area contributed by atoms with E-state index in [1.54, 1.807) is 12.1 Å². The van der Waals surface area contributed by atoms with Crippen LogP contribution in [0.3, 0.4) is 0 Å². The Morgan fingerprint density at radius 2 is 1.80 bits per heavy atom. The Morgan fingerprint density at radius 1 is 1.04 bits per heavy atom. The van der Waals surface area contributed by atoms with Crippen LogP contribution in [0.1, 0.15) is 22.3 Å². The van der Waals surface area contributed by atoms with Crippen LogP contribution in [0.5, 0.6) is 0 Å². The van der Waals surface area contributed by atoms with Crippen molar-refractivity contribution in [1.29, 1.82) is 0 Å². The van der Waals surface area contributed by atoms with Crippen LogP contribution in [0, 0.1) is 12.8 Å². The Bertz CT molecular complexity index is 744. The van der Waals surface area contributed by atoms with E-state index in [4.69, 9.17) is 0 Å². The lowest BCUT2D eigenvalue weighted by molar-refractivity contribution is -0.119. The standard InChI is InChI=1S/C19H21N3O2.ClH/c1-13-16(19(24)21-15-6-3-2-4-7-15)8-5-9-17(13)22-18(23)14-10-11-20-12-14;/h2-9,14,20H,10-12H2,1H3,(H,21,24)(H,22,23);1H. The Morgan fingerprint density at radius 3 is 2.48 bits per heavy atom. The van der Waals surface area contributed by atoms with Crippen LogP contribution >= 0.6 is 12.4 Å². The van der Waals surface area contributed by atoms with Gasteiger partial charge in [0, 0.05) is 23.5 Å². The highest BCUT2D eigenvalue weighted by Gasteiger charge is 2.23. The van der Waals surface area contributed by atoms with Gasteiger partial charge >= 0.3 is 0 Å². The van der Waals surface area contributed by atoms with Gasteiger partial charge in [-0.05, 0) is 49.7 Å². The van der Waals surface area contributed by atoms with Crippen molar-refractivity contribution in [3.05, 3.63) is 59.7 Å². The predicted octanol–water partition coefficient (Wildman–Crippen LogP) is 3.22. The van der Waals surface area contributed by atoms with Gasteiger partial charge in [-0.15, -0.1) is 12.4 Å². The SMILES string of the molecule is Cc1c(NC(=O)C2CCNC2)cccc1C(=O)Nc1ccccc1.Cl. The van der Waals surface area contributed by atoms with Crippen LogP contribution in [0.2, 0.25) is 0 Å². The molecule has 2 aromatic rings. The van der Waals surface area contributed by atoms with E-state index in [1.165, 1.54) is 0 Å². The highest BCUT2D eigenvalue weighted by Crippen LogP contribution is 2.22. The van der Waals surface area contributed by atoms with Gasteiger partial charge in [-0.2, -0.15) is 0 Å². The largest absolute Gasteiger partial charge is 0.326 e. The quantitative estimate of drug-likeness (QED) is 0.785. The summed E-state index contributed by atoms with van der Waals surface area (Å²) in [5, 5.41) is 9.01. The van der Waals surface area contributed by atoms with Gasteiger partial charge in [0.25, 0.3) is 5.91 Å². The van der Waals surface area contributed by atoms with Crippen LogP contribution in [0.15, 0.2) is 48.5 Å². The Kier molecular flexibility index (Phi) is 6.56. The summed E-state index contributed by atoms with van der Waals surface area (Å²) >= 11 is 0. The number of carbonyl (C=O) groups is 2. The first-order valence-corrected chi connectivity index (χ1v) is 8.13. The number of rotatable bonds is 4. The fourth-order valence-corrected chi connectivity index (χ4v) is 2.85.